The van der Waals surface area contributed by atoms with Crippen LogP contribution in [0, 0.1) is 5.92 Å². The number of carbonyl (C=O) groups excluding carboxylic acids is 2. The molecular weight excluding hydrogens is 336 g/mol. The van der Waals surface area contributed by atoms with Crippen molar-refractivity contribution >= 4 is 28.3 Å². The summed E-state index contributed by atoms with van der Waals surface area (Å²) in [5.74, 6) is 0.235. The largest absolute Gasteiger partial charge is 0.337 e. The third-order valence-electron chi connectivity index (χ3n) is 4.87. The van der Waals surface area contributed by atoms with E-state index in [4.69, 9.17) is 0 Å². The van der Waals surface area contributed by atoms with E-state index in [1.807, 2.05) is 4.90 Å². The Morgan fingerprint density at radius 1 is 1.24 bits per heavy atom. The summed E-state index contributed by atoms with van der Waals surface area (Å²) in [5, 5.41) is 3.40. The number of nitrogens with zero attached hydrogens (tertiary/aromatic N) is 3. The number of carbonyl (C=O) groups is 2. The summed E-state index contributed by atoms with van der Waals surface area (Å²) in [6, 6.07) is 5.22. The fraction of sp³-hybridized carbons (Fsp3) is 0.444. The Morgan fingerprint density at radius 3 is 2.84 bits per heavy atom. The van der Waals surface area contributed by atoms with Gasteiger partial charge >= 0.3 is 0 Å². The highest BCUT2D eigenvalue weighted by Gasteiger charge is 2.30. The lowest BCUT2D eigenvalue weighted by Gasteiger charge is -2.28. The molecule has 2 amide bonds. The molecule has 25 heavy (non-hydrogen) atoms. The molecule has 6 nitrogen and oxygen atoms in total. The van der Waals surface area contributed by atoms with E-state index in [1.54, 1.807) is 24.4 Å². The first-order valence-corrected chi connectivity index (χ1v) is 9.52. The van der Waals surface area contributed by atoms with Crippen LogP contribution in [0.2, 0.25) is 0 Å². The van der Waals surface area contributed by atoms with Crippen molar-refractivity contribution in [1.82, 2.24) is 14.9 Å². The van der Waals surface area contributed by atoms with Crippen LogP contribution in [0.5, 0.6) is 0 Å². The number of rotatable bonds is 3. The van der Waals surface area contributed by atoms with Gasteiger partial charge in [0.2, 0.25) is 5.91 Å². The van der Waals surface area contributed by atoms with Crippen molar-refractivity contribution in [3.05, 3.63) is 40.7 Å². The van der Waals surface area contributed by atoms with Crippen LogP contribution in [0.4, 0.5) is 5.13 Å². The number of thiazole rings is 1. The molecule has 1 aliphatic heterocycles. The smallest absolute Gasteiger partial charge is 0.276 e. The van der Waals surface area contributed by atoms with E-state index in [0.717, 1.165) is 36.4 Å². The first-order valence-electron chi connectivity index (χ1n) is 8.70. The van der Waals surface area contributed by atoms with Crippen molar-refractivity contribution in [2.24, 2.45) is 5.92 Å². The molecule has 0 spiro atoms. The topological polar surface area (TPSA) is 75.2 Å². The van der Waals surface area contributed by atoms with Gasteiger partial charge in [0, 0.05) is 30.0 Å². The molecule has 0 aromatic carbocycles. The molecule has 2 aromatic heterocycles. The SMILES string of the molecule is O=C(Nc1nc2c(s1)CN(C(=O)C1CCCC1)CC2)c1ccccn1. The minimum Gasteiger partial charge on any atom is -0.337 e. The highest BCUT2D eigenvalue weighted by Crippen LogP contribution is 2.32. The molecule has 0 unspecified atom stereocenters. The van der Waals surface area contributed by atoms with Gasteiger partial charge in [-0.3, -0.25) is 19.9 Å². The highest BCUT2D eigenvalue weighted by molar-refractivity contribution is 7.15. The van der Waals surface area contributed by atoms with Gasteiger partial charge in [-0.1, -0.05) is 30.2 Å². The number of nitrogens with one attached hydrogen (secondary N) is 1. The Labute approximate surface area is 150 Å². The van der Waals surface area contributed by atoms with E-state index in [-0.39, 0.29) is 17.7 Å². The predicted octanol–water partition coefficient (Wildman–Crippen LogP) is 2.87. The number of pyridine rings is 1. The molecular formula is C18H20N4O2S. The van der Waals surface area contributed by atoms with Gasteiger partial charge in [-0.25, -0.2) is 4.98 Å². The van der Waals surface area contributed by atoms with Crippen LogP contribution in [-0.4, -0.2) is 33.2 Å². The second-order valence-corrected chi connectivity index (χ2v) is 7.63. The van der Waals surface area contributed by atoms with Gasteiger partial charge in [-0.05, 0) is 25.0 Å². The Bertz CT molecular complexity index is 784. The Kier molecular flexibility index (Phi) is 4.48. The van der Waals surface area contributed by atoms with Crippen LogP contribution in [0.1, 0.15) is 46.7 Å². The quantitative estimate of drug-likeness (QED) is 0.917. The molecule has 2 aromatic rings. The summed E-state index contributed by atoms with van der Waals surface area (Å²) in [6.07, 6.45) is 6.73. The average Bonchev–Trinajstić information content (AvgIpc) is 3.30. The van der Waals surface area contributed by atoms with Crippen molar-refractivity contribution in [2.75, 3.05) is 11.9 Å². The Hall–Kier alpha value is -2.28. The monoisotopic (exact) mass is 356 g/mol. The fourth-order valence-electron chi connectivity index (χ4n) is 3.53. The third-order valence-corrected chi connectivity index (χ3v) is 5.86. The molecule has 0 radical (unpaired) electrons. The second kappa shape index (κ2) is 6.92. The van der Waals surface area contributed by atoms with Crippen molar-refractivity contribution in [2.45, 2.75) is 38.6 Å². The van der Waals surface area contributed by atoms with Crippen LogP contribution >= 0.6 is 11.3 Å². The van der Waals surface area contributed by atoms with Crippen LogP contribution in [0.15, 0.2) is 24.4 Å². The number of amides is 2. The van der Waals surface area contributed by atoms with E-state index in [0.29, 0.717) is 17.4 Å². The molecule has 7 heteroatoms. The molecule has 1 fully saturated rings. The molecule has 1 N–H and O–H groups in total. The lowest BCUT2D eigenvalue weighted by Crippen LogP contribution is -2.38. The summed E-state index contributed by atoms with van der Waals surface area (Å²) in [5.41, 5.74) is 1.37. The second-order valence-electron chi connectivity index (χ2n) is 6.55. The Balaban J connectivity index is 1.44. The van der Waals surface area contributed by atoms with Crippen molar-refractivity contribution < 1.29 is 9.59 Å². The summed E-state index contributed by atoms with van der Waals surface area (Å²) in [4.78, 5) is 36.4. The minimum atomic E-state index is -0.259. The van der Waals surface area contributed by atoms with E-state index in [9.17, 15) is 9.59 Å². The average molecular weight is 356 g/mol. The first-order chi connectivity index (χ1) is 12.2. The maximum Gasteiger partial charge on any atom is 0.276 e. The van der Waals surface area contributed by atoms with E-state index < -0.39 is 0 Å². The summed E-state index contributed by atoms with van der Waals surface area (Å²) < 4.78 is 0. The summed E-state index contributed by atoms with van der Waals surface area (Å²) >= 11 is 1.46. The lowest BCUT2D eigenvalue weighted by atomic mass is 10.0. The summed E-state index contributed by atoms with van der Waals surface area (Å²) in [6.45, 7) is 1.33. The molecule has 1 aliphatic carbocycles. The van der Waals surface area contributed by atoms with Crippen LogP contribution in [-0.2, 0) is 17.8 Å². The third kappa shape index (κ3) is 3.42. The zero-order valence-electron chi connectivity index (χ0n) is 13.9. The van der Waals surface area contributed by atoms with Gasteiger partial charge in [0.1, 0.15) is 5.69 Å². The minimum absolute atomic E-state index is 0.206. The van der Waals surface area contributed by atoms with Gasteiger partial charge < -0.3 is 4.90 Å². The zero-order valence-corrected chi connectivity index (χ0v) is 14.7. The molecule has 0 saturated heterocycles. The molecule has 0 bridgehead atoms. The number of fused-ring (bicyclic) bond motifs is 1. The van der Waals surface area contributed by atoms with Gasteiger partial charge in [-0.15, -0.1) is 0 Å². The predicted molar refractivity (Wildman–Crippen MR) is 95.4 cm³/mol. The van der Waals surface area contributed by atoms with Crippen LogP contribution < -0.4 is 5.32 Å². The standard InChI is InChI=1S/C18H20N4O2S/c23-16(14-7-3-4-9-19-14)21-18-20-13-8-10-22(11-15(13)25-18)17(24)12-5-1-2-6-12/h3-4,7,9,12H,1-2,5-6,8,10-11H2,(H,20,21,23). The molecule has 3 heterocycles. The van der Waals surface area contributed by atoms with E-state index >= 15 is 0 Å². The number of aromatic nitrogens is 2. The fourth-order valence-corrected chi connectivity index (χ4v) is 4.55. The molecule has 4 rings (SSSR count). The number of anilines is 1. The van der Waals surface area contributed by atoms with Gasteiger partial charge in [-0.2, -0.15) is 0 Å². The lowest BCUT2D eigenvalue weighted by molar-refractivity contribution is -0.136. The maximum atomic E-state index is 12.6. The van der Waals surface area contributed by atoms with Crippen LogP contribution in [0.3, 0.4) is 0 Å². The number of hydrogen-bond acceptors (Lipinski definition) is 5. The van der Waals surface area contributed by atoms with E-state index in [2.05, 4.69) is 15.3 Å². The highest BCUT2D eigenvalue weighted by atomic mass is 32.1. The normalized spacial score (nSPS) is 17.4. The number of hydrogen-bond donors (Lipinski definition) is 1. The van der Waals surface area contributed by atoms with Gasteiger partial charge in [0.25, 0.3) is 5.91 Å². The van der Waals surface area contributed by atoms with Gasteiger partial charge in [0.15, 0.2) is 5.13 Å². The van der Waals surface area contributed by atoms with Crippen LogP contribution in [0.25, 0.3) is 0 Å². The molecule has 2 aliphatic rings. The van der Waals surface area contributed by atoms with Crippen molar-refractivity contribution in [3.63, 3.8) is 0 Å². The molecule has 0 atom stereocenters. The van der Waals surface area contributed by atoms with E-state index in [1.165, 1.54) is 24.2 Å². The summed E-state index contributed by atoms with van der Waals surface area (Å²) in [7, 11) is 0. The molecule has 1 saturated carbocycles. The zero-order chi connectivity index (χ0) is 17.2. The molecule has 130 valence electrons. The van der Waals surface area contributed by atoms with Crippen molar-refractivity contribution in [1.29, 1.82) is 0 Å². The Morgan fingerprint density at radius 2 is 2.08 bits per heavy atom. The van der Waals surface area contributed by atoms with Gasteiger partial charge in [0.05, 0.1) is 12.2 Å². The van der Waals surface area contributed by atoms with Crippen molar-refractivity contribution in [3.8, 4) is 0 Å². The maximum absolute atomic E-state index is 12.6. The first kappa shape index (κ1) is 16.2.